The number of halogens is 6. The number of aryl methyl sites for hydroxylation is 1. The molecule has 15 heteroatoms. The number of carbonyl (C=O) groups excluding carboxylic acids is 1. The van der Waals surface area contributed by atoms with Gasteiger partial charge in [0.25, 0.3) is 5.91 Å². The summed E-state index contributed by atoms with van der Waals surface area (Å²) >= 11 is 0. The van der Waals surface area contributed by atoms with Gasteiger partial charge in [-0.25, -0.2) is 9.59 Å². The monoisotopic (exact) mass is 665 g/mol. The van der Waals surface area contributed by atoms with E-state index >= 15 is 0 Å². The van der Waals surface area contributed by atoms with E-state index in [1.165, 1.54) is 12.0 Å². The van der Waals surface area contributed by atoms with Gasteiger partial charge in [0.05, 0.1) is 12.2 Å². The Morgan fingerprint density at radius 2 is 1.41 bits per heavy atom. The summed E-state index contributed by atoms with van der Waals surface area (Å²) < 4.78 is 71.7. The third-order valence-corrected chi connectivity index (χ3v) is 8.06. The zero-order valence-corrected chi connectivity index (χ0v) is 26.5. The molecule has 2 N–H and O–H groups in total. The van der Waals surface area contributed by atoms with E-state index in [0.717, 1.165) is 74.9 Å². The van der Waals surface area contributed by atoms with Crippen molar-refractivity contribution in [1.29, 1.82) is 0 Å². The van der Waals surface area contributed by atoms with Crippen LogP contribution in [-0.2, 0) is 23.2 Å². The maximum atomic E-state index is 13.1. The fourth-order valence-electron chi connectivity index (χ4n) is 5.27. The molecule has 2 aliphatic heterocycles. The first kappa shape index (κ1) is 38.4. The second kappa shape index (κ2) is 15.7. The number of carboxylic acid groups (broad SMARTS) is 2. The Morgan fingerprint density at radius 1 is 0.913 bits per heavy atom. The number of aromatic nitrogens is 1. The molecule has 0 aliphatic carbocycles. The zero-order valence-electron chi connectivity index (χ0n) is 26.5. The van der Waals surface area contributed by atoms with Gasteiger partial charge in [-0.3, -0.25) is 9.69 Å². The van der Waals surface area contributed by atoms with E-state index in [-0.39, 0.29) is 5.91 Å². The number of piperidine rings is 1. The quantitative estimate of drug-likeness (QED) is 0.360. The molecular formula is C31H41F6N3O6. The summed E-state index contributed by atoms with van der Waals surface area (Å²) in [6.45, 7) is 14.2. The number of amides is 1. The van der Waals surface area contributed by atoms with Gasteiger partial charge in [-0.05, 0) is 63.1 Å². The highest BCUT2D eigenvalue weighted by atomic mass is 19.4. The van der Waals surface area contributed by atoms with Crippen molar-refractivity contribution in [2.75, 3.05) is 32.8 Å². The molecule has 3 heterocycles. The largest absolute Gasteiger partial charge is 0.493 e. The molecule has 0 bridgehead atoms. The Hall–Kier alpha value is -3.75. The number of ether oxygens (including phenoxy) is 1. The van der Waals surface area contributed by atoms with Gasteiger partial charge in [-0.2, -0.15) is 26.3 Å². The molecule has 2 fully saturated rings. The molecule has 1 aromatic heterocycles. The summed E-state index contributed by atoms with van der Waals surface area (Å²) in [7, 11) is 2.03. The summed E-state index contributed by atoms with van der Waals surface area (Å²) in [6.07, 6.45) is -6.73. The number of alkyl halides is 6. The average Bonchev–Trinajstić information content (AvgIpc) is 3.47. The van der Waals surface area contributed by atoms with Crippen LogP contribution in [0.25, 0.3) is 0 Å². The van der Waals surface area contributed by atoms with Crippen LogP contribution in [0.15, 0.2) is 30.3 Å². The molecule has 0 radical (unpaired) electrons. The van der Waals surface area contributed by atoms with Gasteiger partial charge in [0.2, 0.25) is 0 Å². The summed E-state index contributed by atoms with van der Waals surface area (Å²) in [4.78, 5) is 35.6. The Labute approximate surface area is 263 Å². The van der Waals surface area contributed by atoms with Crippen molar-refractivity contribution in [3.8, 4) is 5.75 Å². The number of aliphatic carboxylic acids is 2. The summed E-state index contributed by atoms with van der Waals surface area (Å²) in [5, 5.41) is 14.2. The molecule has 0 saturated carbocycles. The number of carboxylic acids is 2. The van der Waals surface area contributed by atoms with Gasteiger partial charge in [0.1, 0.15) is 5.75 Å². The van der Waals surface area contributed by atoms with Crippen LogP contribution >= 0.6 is 0 Å². The number of rotatable bonds is 6. The fourth-order valence-corrected chi connectivity index (χ4v) is 5.27. The molecular weight excluding hydrogens is 624 g/mol. The lowest BCUT2D eigenvalue weighted by Crippen LogP contribution is -2.44. The van der Waals surface area contributed by atoms with E-state index in [4.69, 9.17) is 24.5 Å². The van der Waals surface area contributed by atoms with Crippen LogP contribution in [-0.4, -0.2) is 87.6 Å². The van der Waals surface area contributed by atoms with Gasteiger partial charge in [0.15, 0.2) is 0 Å². The topological polar surface area (TPSA) is 112 Å². The van der Waals surface area contributed by atoms with E-state index in [9.17, 15) is 31.1 Å². The number of hydrogen-bond donors (Lipinski definition) is 2. The van der Waals surface area contributed by atoms with Crippen molar-refractivity contribution in [1.82, 2.24) is 14.4 Å². The second-order valence-corrected chi connectivity index (χ2v) is 12.0. The molecule has 4 rings (SSSR count). The lowest BCUT2D eigenvalue weighted by atomic mass is 9.77. The minimum atomic E-state index is -5.08. The van der Waals surface area contributed by atoms with E-state index in [1.807, 2.05) is 20.0 Å². The van der Waals surface area contributed by atoms with Crippen molar-refractivity contribution in [2.24, 2.45) is 18.4 Å². The number of likely N-dealkylation sites (tertiary alicyclic amines) is 2. The van der Waals surface area contributed by atoms with Crippen molar-refractivity contribution < 1.29 is 55.7 Å². The lowest BCUT2D eigenvalue weighted by molar-refractivity contribution is -0.193. The summed E-state index contributed by atoms with van der Waals surface area (Å²) in [6, 6.07) is 10.5. The van der Waals surface area contributed by atoms with Gasteiger partial charge < -0.3 is 24.4 Å². The van der Waals surface area contributed by atoms with Crippen LogP contribution in [0, 0.1) is 25.2 Å². The maximum absolute atomic E-state index is 13.1. The highest BCUT2D eigenvalue weighted by molar-refractivity contribution is 5.95. The molecule has 1 spiro atoms. The van der Waals surface area contributed by atoms with Crippen molar-refractivity contribution >= 4 is 17.8 Å². The SMILES string of the molecule is Cc1cc(C(=O)N2CCC3(CCN(Cc4ccccc4OCC(C)C)C3)CC2)c(C)n1C.O=C(O)C(F)(F)F.O=C(O)C(F)(F)F. The standard InChI is InChI=1S/C27H39N3O2.2C2HF3O2/c1-20(2)18-32-25-9-7-6-8-23(25)17-29-13-10-27(19-29)11-14-30(15-12-27)26(31)24-16-21(3)28(5)22(24)4;2*3-2(4,5)1(6)7/h6-9,16,20H,10-15,17-19H2,1-5H3;2*(H,6,7). The van der Waals surface area contributed by atoms with Crippen molar-refractivity contribution in [2.45, 2.75) is 65.9 Å². The van der Waals surface area contributed by atoms with E-state index < -0.39 is 24.3 Å². The molecule has 0 atom stereocenters. The van der Waals surface area contributed by atoms with Gasteiger partial charge in [-0.15, -0.1) is 0 Å². The first-order chi connectivity index (χ1) is 21.2. The molecule has 2 saturated heterocycles. The Kier molecular flexibility index (Phi) is 13.1. The van der Waals surface area contributed by atoms with Crippen LogP contribution < -0.4 is 4.74 Å². The molecule has 9 nitrogen and oxygen atoms in total. The normalized spacial score (nSPS) is 16.4. The van der Waals surface area contributed by atoms with E-state index in [2.05, 4.69) is 59.4 Å². The Morgan fingerprint density at radius 3 is 1.87 bits per heavy atom. The van der Waals surface area contributed by atoms with Gasteiger partial charge in [0, 0.05) is 50.2 Å². The van der Waals surface area contributed by atoms with Crippen molar-refractivity contribution in [3.63, 3.8) is 0 Å². The van der Waals surface area contributed by atoms with Crippen molar-refractivity contribution in [3.05, 3.63) is 52.8 Å². The molecule has 258 valence electrons. The Balaban J connectivity index is 0.000000440. The van der Waals surface area contributed by atoms with Crippen LogP contribution in [0.3, 0.4) is 0 Å². The minimum absolute atomic E-state index is 0.201. The minimum Gasteiger partial charge on any atom is -0.493 e. The Bertz CT molecular complexity index is 1320. The zero-order chi connectivity index (χ0) is 35.0. The maximum Gasteiger partial charge on any atom is 0.490 e. The predicted molar refractivity (Wildman–Crippen MR) is 157 cm³/mol. The second-order valence-electron chi connectivity index (χ2n) is 12.0. The van der Waals surface area contributed by atoms with Gasteiger partial charge >= 0.3 is 24.3 Å². The highest BCUT2D eigenvalue weighted by Gasteiger charge is 2.42. The highest BCUT2D eigenvalue weighted by Crippen LogP contribution is 2.41. The predicted octanol–water partition coefficient (Wildman–Crippen LogP) is 6.07. The molecule has 2 aromatic rings. The number of hydrogen-bond acceptors (Lipinski definition) is 5. The molecule has 1 amide bonds. The fraction of sp³-hybridized carbons (Fsp3) is 0.581. The lowest BCUT2D eigenvalue weighted by Gasteiger charge is -2.39. The first-order valence-corrected chi connectivity index (χ1v) is 14.6. The van der Waals surface area contributed by atoms with Crippen LogP contribution in [0.5, 0.6) is 5.75 Å². The molecule has 1 aromatic carbocycles. The van der Waals surface area contributed by atoms with E-state index in [1.54, 1.807) is 0 Å². The third kappa shape index (κ3) is 11.0. The van der Waals surface area contributed by atoms with Gasteiger partial charge in [-0.1, -0.05) is 32.0 Å². The third-order valence-electron chi connectivity index (χ3n) is 8.06. The molecule has 2 aliphatic rings. The van der Waals surface area contributed by atoms with E-state index in [0.29, 0.717) is 11.3 Å². The number of para-hydroxylation sites is 1. The van der Waals surface area contributed by atoms with Crippen LogP contribution in [0.1, 0.15) is 60.4 Å². The number of benzene rings is 1. The number of nitrogens with zero attached hydrogens (tertiary/aromatic N) is 3. The number of carbonyl (C=O) groups is 3. The summed E-state index contributed by atoms with van der Waals surface area (Å²) in [5.41, 5.74) is 4.72. The smallest absolute Gasteiger partial charge is 0.490 e. The molecule has 0 unspecified atom stereocenters. The molecule has 46 heavy (non-hydrogen) atoms. The summed E-state index contributed by atoms with van der Waals surface area (Å²) in [5.74, 6) is -3.77. The van der Waals surface area contributed by atoms with Crippen LogP contribution in [0.2, 0.25) is 0 Å². The first-order valence-electron chi connectivity index (χ1n) is 14.6. The van der Waals surface area contributed by atoms with Crippen LogP contribution in [0.4, 0.5) is 26.3 Å². The average molecular weight is 666 g/mol.